The summed E-state index contributed by atoms with van der Waals surface area (Å²) in [7, 11) is 1.48. The zero-order chi connectivity index (χ0) is 24.1. The van der Waals surface area contributed by atoms with E-state index in [0.717, 1.165) is 11.8 Å². The summed E-state index contributed by atoms with van der Waals surface area (Å²) in [6.45, 7) is 3.90. The molecule has 1 aromatic carbocycles. The van der Waals surface area contributed by atoms with Crippen LogP contribution in [0.1, 0.15) is 25.0 Å². The number of hydrogen-bond donors (Lipinski definition) is 3. The number of para-hydroxylation sites is 2. The summed E-state index contributed by atoms with van der Waals surface area (Å²) in [5, 5.41) is 24.0. The Morgan fingerprint density at radius 2 is 2.06 bits per heavy atom. The molecular formula is C21H20N7O4S+. The number of pyridine rings is 1. The van der Waals surface area contributed by atoms with Crippen LogP contribution in [0.2, 0.25) is 0 Å². The summed E-state index contributed by atoms with van der Waals surface area (Å²) < 4.78 is 11.5. The molecule has 0 radical (unpaired) electrons. The van der Waals surface area contributed by atoms with E-state index < -0.39 is 10.9 Å². The summed E-state index contributed by atoms with van der Waals surface area (Å²) in [6.07, 6.45) is 0. The number of H-pyrrole nitrogens is 1. The van der Waals surface area contributed by atoms with Gasteiger partial charge in [0.05, 0.1) is 23.1 Å². The van der Waals surface area contributed by atoms with Crippen molar-refractivity contribution in [2.24, 2.45) is 7.05 Å². The molecule has 12 heteroatoms. The first-order valence-electron chi connectivity index (χ1n) is 9.73. The van der Waals surface area contributed by atoms with Crippen LogP contribution in [-0.2, 0) is 11.8 Å². The lowest BCUT2D eigenvalue weighted by atomic mass is 10.0. The number of anilines is 2. The minimum Gasteiger partial charge on any atom is -0.492 e. The standard InChI is InChI=1S/C21H19N7O4S/c1-4-31-15-8-6-5-7-14(15)25-19(29)11(2)33-20-13(10-23)16(12(9-22)18(24)26-20)17-21(30)32-27-28(17)3/h5-8,11H,4H2,1-3H3,(H3-,24,25,26,27,29,30)/p+1. The van der Waals surface area contributed by atoms with Gasteiger partial charge in [-0.15, -0.1) is 0 Å². The molecule has 0 aliphatic heterocycles. The summed E-state index contributed by atoms with van der Waals surface area (Å²) in [4.78, 5) is 29.2. The molecule has 33 heavy (non-hydrogen) atoms. The lowest BCUT2D eigenvalue weighted by molar-refractivity contribution is -0.730. The molecule has 2 heterocycles. The van der Waals surface area contributed by atoms with E-state index in [0.29, 0.717) is 18.0 Å². The number of thioether (sulfide) groups is 1. The Bertz CT molecular complexity index is 1350. The Morgan fingerprint density at radius 1 is 1.36 bits per heavy atom. The smallest absolute Gasteiger partial charge is 0.435 e. The monoisotopic (exact) mass is 466 g/mol. The summed E-state index contributed by atoms with van der Waals surface area (Å²) >= 11 is 0.970. The summed E-state index contributed by atoms with van der Waals surface area (Å²) in [5.74, 6) is -0.0177. The van der Waals surface area contributed by atoms with Crippen LogP contribution < -0.4 is 26.1 Å². The second-order valence-electron chi connectivity index (χ2n) is 6.72. The lowest BCUT2D eigenvalue weighted by Crippen LogP contribution is -2.34. The third-order valence-corrected chi connectivity index (χ3v) is 5.65. The van der Waals surface area contributed by atoms with Crippen molar-refractivity contribution < 1.29 is 18.7 Å². The Morgan fingerprint density at radius 3 is 2.67 bits per heavy atom. The van der Waals surface area contributed by atoms with Crippen molar-refractivity contribution in [3.05, 3.63) is 45.8 Å². The minimum absolute atomic E-state index is 0.0122. The average Bonchev–Trinajstić information content (AvgIpc) is 3.12. The fraction of sp³-hybridized carbons (Fsp3) is 0.238. The van der Waals surface area contributed by atoms with Crippen LogP contribution in [0.5, 0.6) is 5.75 Å². The number of nitrogens with zero attached hydrogens (tertiary/aromatic N) is 4. The number of aryl methyl sites for hydroxylation is 1. The molecule has 2 aromatic heterocycles. The van der Waals surface area contributed by atoms with Gasteiger partial charge in [0.15, 0.2) is 7.05 Å². The molecule has 0 saturated heterocycles. The first-order valence-corrected chi connectivity index (χ1v) is 10.6. The number of nitrogens with two attached hydrogens (primary N) is 1. The van der Waals surface area contributed by atoms with Gasteiger partial charge in [0, 0.05) is 0 Å². The number of nitrogen functional groups attached to an aromatic ring is 1. The molecule has 3 aromatic rings. The molecule has 0 saturated carbocycles. The normalized spacial score (nSPS) is 11.3. The van der Waals surface area contributed by atoms with Crippen molar-refractivity contribution in [3.63, 3.8) is 0 Å². The van der Waals surface area contributed by atoms with Crippen LogP contribution in [0.25, 0.3) is 11.3 Å². The molecule has 11 nitrogen and oxygen atoms in total. The van der Waals surface area contributed by atoms with Crippen LogP contribution in [0, 0.1) is 22.7 Å². The summed E-state index contributed by atoms with van der Waals surface area (Å²) in [6, 6.07) is 10.9. The largest absolute Gasteiger partial charge is 0.492 e. The number of amides is 1. The molecule has 0 aliphatic rings. The minimum atomic E-state index is -0.787. The van der Waals surface area contributed by atoms with Crippen LogP contribution in [-0.4, -0.2) is 28.0 Å². The molecule has 1 amide bonds. The molecular weight excluding hydrogens is 446 g/mol. The molecule has 4 N–H and O–H groups in total. The van der Waals surface area contributed by atoms with Gasteiger partial charge in [-0.3, -0.25) is 9.32 Å². The third-order valence-electron chi connectivity index (χ3n) is 4.56. The predicted molar refractivity (Wildman–Crippen MR) is 119 cm³/mol. The van der Waals surface area contributed by atoms with Crippen LogP contribution in [0.4, 0.5) is 11.5 Å². The van der Waals surface area contributed by atoms with Crippen molar-refractivity contribution >= 4 is 29.2 Å². The van der Waals surface area contributed by atoms with Gasteiger partial charge in [-0.2, -0.15) is 10.5 Å². The average molecular weight is 467 g/mol. The van der Waals surface area contributed by atoms with E-state index in [-0.39, 0.29) is 39.1 Å². The van der Waals surface area contributed by atoms with Crippen molar-refractivity contribution in [1.29, 1.82) is 10.5 Å². The maximum Gasteiger partial charge on any atom is 0.435 e. The van der Waals surface area contributed by atoms with Crippen molar-refractivity contribution in [2.75, 3.05) is 17.7 Å². The number of rotatable bonds is 7. The van der Waals surface area contributed by atoms with Crippen LogP contribution in [0.15, 0.2) is 38.6 Å². The van der Waals surface area contributed by atoms with Crippen molar-refractivity contribution in [1.82, 2.24) is 10.3 Å². The number of benzene rings is 1. The molecule has 0 spiro atoms. The van der Waals surface area contributed by atoms with Crippen LogP contribution in [0.3, 0.4) is 0 Å². The predicted octanol–water partition coefficient (Wildman–Crippen LogP) is 1.70. The topological polar surface area (TPSA) is 175 Å². The van der Waals surface area contributed by atoms with Crippen molar-refractivity contribution in [2.45, 2.75) is 24.1 Å². The molecule has 0 fully saturated rings. The molecule has 168 valence electrons. The van der Waals surface area contributed by atoms with E-state index in [9.17, 15) is 20.1 Å². The number of ether oxygens (including phenoxy) is 1. The number of aromatic nitrogens is 3. The fourth-order valence-electron chi connectivity index (χ4n) is 3.04. The van der Waals surface area contributed by atoms with Crippen molar-refractivity contribution in [3.8, 4) is 29.1 Å². The molecule has 3 rings (SSSR count). The van der Waals surface area contributed by atoms with Gasteiger partial charge in [-0.1, -0.05) is 28.6 Å². The van der Waals surface area contributed by atoms with Gasteiger partial charge in [0.2, 0.25) is 5.91 Å². The SMILES string of the molecule is CCOc1ccccc1NC(=O)C(C)Sc1nc(N)c(C#N)c(-c2c(=O)o[nH][n+]2C)c1C#N. The Kier molecular flexibility index (Phi) is 7.00. The number of hydrogen-bond acceptors (Lipinski definition) is 9. The Hall–Kier alpha value is -4.29. The number of carbonyl (C=O) groups excluding carboxylic acids is 1. The Balaban J connectivity index is 1.99. The molecule has 1 unspecified atom stereocenters. The van der Waals surface area contributed by atoms with Gasteiger partial charge in [0.25, 0.3) is 0 Å². The maximum atomic E-state index is 12.8. The number of nitrogens with one attached hydrogen (secondary N) is 2. The fourth-order valence-corrected chi connectivity index (χ4v) is 3.95. The van der Waals surface area contributed by atoms with Gasteiger partial charge in [0.1, 0.15) is 39.9 Å². The highest BCUT2D eigenvalue weighted by Gasteiger charge is 2.32. The zero-order valence-electron chi connectivity index (χ0n) is 18.0. The first-order chi connectivity index (χ1) is 15.8. The van der Waals surface area contributed by atoms with E-state index in [2.05, 4.69) is 15.6 Å². The first kappa shape index (κ1) is 23.4. The van der Waals surface area contributed by atoms with E-state index in [1.807, 2.05) is 19.1 Å². The van der Waals surface area contributed by atoms with Gasteiger partial charge < -0.3 is 15.8 Å². The third kappa shape index (κ3) is 4.66. The molecule has 0 bridgehead atoms. The highest BCUT2D eigenvalue weighted by atomic mass is 32.2. The maximum absolute atomic E-state index is 12.8. The number of nitriles is 2. The van der Waals surface area contributed by atoms with Gasteiger partial charge in [-0.05, 0) is 31.3 Å². The lowest BCUT2D eigenvalue weighted by Gasteiger charge is -2.16. The highest BCUT2D eigenvalue weighted by Crippen LogP contribution is 2.35. The summed E-state index contributed by atoms with van der Waals surface area (Å²) in [5.41, 5.74) is 5.40. The zero-order valence-corrected chi connectivity index (χ0v) is 18.8. The number of carbonyl (C=O) groups is 1. The molecule has 0 aliphatic carbocycles. The molecule has 1 atom stereocenters. The highest BCUT2D eigenvalue weighted by molar-refractivity contribution is 8.00. The van der Waals surface area contributed by atoms with E-state index in [4.69, 9.17) is 15.0 Å². The second-order valence-corrected chi connectivity index (χ2v) is 8.05. The van der Waals surface area contributed by atoms with E-state index in [1.165, 1.54) is 11.7 Å². The second kappa shape index (κ2) is 9.89. The van der Waals surface area contributed by atoms with Gasteiger partial charge in [-0.25, -0.2) is 9.78 Å². The quantitative estimate of drug-likeness (QED) is 0.345. The van der Waals surface area contributed by atoms with E-state index in [1.54, 1.807) is 31.2 Å². The van der Waals surface area contributed by atoms with Crippen LogP contribution >= 0.6 is 11.8 Å². The van der Waals surface area contributed by atoms with E-state index >= 15 is 0 Å². The number of aromatic amines is 1. The van der Waals surface area contributed by atoms with Gasteiger partial charge >= 0.3 is 11.3 Å². The Labute approximate surface area is 192 Å².